The van der Waals surface area contributed by atoms with E-state index < -0.39 is 0 Å². The Labute approximate surface area is 171 Å². The van der Waals surface area contributed by atoms with E-state index in [2.05, 4.69) is 30.4 Å². The molecule has 0 aliphatic carbocycles. The van der Waals surface area contributed by atoms with Crippen LogP contribution in [0.4, 0.5) is 0 Å². The van der Waals surface area contributed by atoms with E-state index >= 15 is 0 Å². The first-order chi connectivity index (χ1) is 13.6. The summed E-state index contributed by atoms with van der Waals surface area (Å²) in [5, 5.41) is 7.67. The summed E-state index contributed by atoms with van der Waals surface area (Å²) in [6, 6.07) is 15.7. The summed E-state index contributed by atoms with van der Waals surface area (Å²) < 4.78 is 0. The number of halogens is 1. The molecule has 146 valence electrons. The minimum absolute atomic E-state index is 0.169. The Kier molecular flexibility index (Phi) is 6.88. The van der Waals surface area contributed by atoms with Crippen LogP contribution in [0.3, 0.4) is 0 Å². The number of nitrogens with zero attached hydrogens (tertiary/aromatic N) is 1. The molecule has 1 amide bonds. The van der Waals surface area contributed by atoms with Gasteiger partial charge in [-0.15, -0.1) is 0 Å². The van der Waals surface area contributed by atoms with Crippen LogP contribution in [0.25, 0.3) is 5.57 Å². The topological polar surface area (TPSA) is 50.7 Å². The summed E-state index contributed by atoms with van der Waals surface area (Å²) in [5.74, 6) is -0.169. The SMILES string of the molecule is CC/C=C(/CCNC(=O)C1=NOC(c2ccccc2)C1)c1cc(Cl)ccc1C. The van der Waals surface area contributed by atoms with Crippen LogP contribution in [0.5, 0.6) is 0 Å². The number of aryl methyl sites for hydroxylation is 1. The minimum atomic E-state index is -0.188. The van der Waals surface area contributed by atoms with Gasteiger partial charge in [-0.2, -0.15) is 0 Å². The summed E-state index contributed by atoms with van der Waals surface area (Å²) in [6.07, 6.45) is 4.14. The predicted molar refractivity (Wildman–Crippen MR) is 114 cm³/mol. The van der Waals surface area contributed by atoms with Crippen molar-refractivity contribution >= 4 is 28.8 Å². The first kappa shape index (κ1) is 20.2. The highest BCUT2D eigenvalue weighted by molar-refractivity contribution is 6.39. The van der Waals surface area contributed by atoms with Gasteiger partial charge in [0.05, 0.1) is 0 Å². The number of rotatable bonds is 7. The van der Waals surface area contributed by atoms with Crippen molar-refractivity contribution in [2.45, 2.75) is 39.2 Å². The molecule has 1 heterocycles. The van der Waals surface area contributed by atoms with Crippen LogP contribution in [-0.2, 0) is 9.63 Å². The monoisotopic (exact) mass is 396 g/mol. The van der Waals surface area contributed by atoms with Crippen molar-refractivity contribution in [1.29, 1.82) is 0 Å². The molecule has 0 aromatic heterocycles. The molecular weight excluding hydrogens is 372 g/mol. The minimum Gasteiger partial charge on any atom is -0.387 e. The van der Waals surface area contributed by atoms with E-state index in [1.54, 1.807) is 0 Å². The fraction of sp³-hybridized carbons (Fsp3) is 0.304. The highest BCUT2D eigenvalue weighted by Crippen LogP contribution is 2.27. The number of allylic oxidation sites excluding steroid dienone is 1. The highest BCUT2D eigenvalue weighted by atomic mass is 35.5. The fourth-order valence-electron chi connectivity index (χ4n) is 3.30. The van der Waals surface area contributed by atoms with Crippen LogP contribution in [0.1, 0.15) is 49.0 Å². The van der Waals surface area contributed by atoms with Gasteiger partial charge in [0.15, 0.2) is 6.10 Å². The van der Waals surface area contributed by atoms with Crippen molar-refractivity contribution < 1.29 is 9.63 Å². The molecule has 0 radical (unpaired) electrons. The maximum Gasteiger partial charge on any atom is 0.269 e. The smallest absolute Gasteiger partial charge is 0.269 e. The van der Waals surface area contributed by atoms with E-state index in [0.29, 0.717) is 18.7 Å². The molecule has 5 heteroatoms. The maximum absolute atomic E-state index is 12.5. The third-order valence-corrected chi connectivity index (χ3v) is 5.01. The summed E-state index contributed by atoms with van der Waals surface area (Å²) in [7, 11) is 0. The van der Waals surface area contributed by atoms with Gasteiger partial charge >= 0.3 is 0 Å². The summed E-state index contributed by atoms with van der Waals surface area (Å²) in [5.41, 5.74) is 4.96. The number of hydrogen-bond acceptors (Lipinski definition) is 3. The lowest BCUT2D eigenvalue weighted by Crippen LogP contribution is -2.31. The first-order valence-corrected chi connectivity index (χ1v) is 9.97. The van der Waals surface area contributed by atoms with E-state index in [4.69, 9.17) is 16.4 Å². The Balaban J connectivity index is 1.55. The number of hydrogen-bond donors (Lipinski definition) is 1. The number of oxime groups is 1. The van der Waals surface area contributed by atoms with Crippen molar-refractivity contribution in [1.82, 2.24) is 5.32 Å². The highest BCUT2D eigenvalue weighted by Gasteiger charge is 2.27. The zero-order valence-corrected chi connectivity index (χ0v) is 17.0. The molecule has 1 aliphatic heterocycles. The Bertz CT molecular complexity index is 891. The van der Waals surface area contributed by atoms with Crippen LogP contribution in [-0.4, -0.2) is 18.2 Å². The van der Waals surface area contributed by atoms with E-state index in [-0.39, 0.29) is 12.0 Å². The fourth-order valence-corrected chi connectivity index (χ4v) is 3.48. The lowest BCUT2D eigenvalue weighted by atomic mass is 9.97. The molecule has 2 aromatic rings. The Morgan fingerprint density at radius 1 is 1.29 bits per heavy atom. The number of nitrogens with one attached hydrogen (secondary N) is 1. The van der Waals surface area contributed by atoms with Crippen LogP contribution in [0.2, 0.25) is 5.02 Å². The van der Waals surface area contributed by atoms with Gasteiger partial charge in [0.2, 0.25) is 0 Å². The van der Waals surface area contributed by atoms with E-state index in [9.17, 15) is 4.79 Å². The quantitative estimate of drug-likeness (QED) is 0.675. The van der Waals surface area contributed by atoms with Crippen molar-refractivity contribution in [3.63, 3.8) is 0 Å². The van der Waals surface area contributed by atoms with Gasteiger partial charge in [-0.25, -0.2) is 0 Å². The predicted octanol–water partition coefficient (Wildman–Crippen LogP) is 5.47. The van der Waals surface area contributed by atoms with Crippen molar-refractivity contribution in [2.24, 2.45) is 5.16 Å². The third kappa shape index (κ3) is 5.02. The molecule has 1 atom stereocenters. The molecular formula is C23H25ClN2O2. The number of benzene rings is 2. The van der Waals surface area contributed by atoms with Crippen molar-refractivity contribution in [2.75, 3.05) is 6.54 Å². The van der Waals surface area contributed by atoms with Gasteiger partial charge in [-0.1, -0.05) is 66.2 Å². The van der Waals surface area contributed by atoms with Gasteiger partial charge in [-0.05, 0) is 54.2 Å². The first-order valence-electron chi connectivity index (χ1n) is 9.60. The van der Waals surface area contributed by atoms with Crippen LogP contribution in [0.15, 0.2) is 59.8 Å². The summed E-state index contributed by atoms with van der Waals surface area (Å²) in [4.78, 5) is 17.9. The van der Waals surface area contributed by atoms with Gasteiger partial charge in [0.1, 0.15) is 5.71 Å². The largest absolute Gasteiger partial charge is 0.387 e. The van der Waals surface area contributed by atoms with Crippen molar-refractivity contribution in [3.05, 3.63) is 76.3 Å². The second kappa shape index (κ2) is 9.56. The molecule has 1 aliphatic rings. The van der Waals surface area contributed by atoms with E-state index in [1.165, 1.54) is 11.1 Å². The third-order valence-electron chi connectivity index (χ3n) is 4.78. The van der Waals surface area contributed by atoms with E-state index in [1.807, 2.05) is 48.5 Å². The maximum atomic E-state index is 12.5. The van der Waals surface area contributed by atoms with Crippen LogP contribution in [0, 0.1) is 6.92 Å². The second-order valence-corrected chi connectivity index (χ2v) is 7.29. The number of carbonyl (C=O) groups is 1. The second-order valence-electron chi connectivity index (χ2n) is 6.85. The van der Waals surface area contributed by atoms with Gasteiger partial charge in [-0.3, -0.25) is 4.79 Å². The van der Waals surface area contributed by atoms with E-state index in [0.717, 1.165) is 29.0 Å². The Morgan fingerprint density at radius 3 is 2.82 bits per heavy atom. The Morgan fingerprint density at radius 2 is 2.07 bits per heavy atom. The van der Waals surface area contributed by atoms with Crippen LogP contribution < -0.4 is 5.32 Å². The molecule has 3 rings (SSSR count). The molecule has 0 saturated carbocycles. The molecule has 4 nitrogen and oxygen atoms in total. The molecule has 28 heavy (non-hydrogen) atoms. The normalized spacial score (nSPS) is 16.5. The molecule has 0 bridgehead atoms. The lowest BCUT2D eigenvalue weighted by molar-refractivity contribution is -0.114. The summed E-state index contributed by atoms with van der Waals surface area (Å²) >= 11 is 6.17. The van der Waals surface area contributed by atoms with Crippen molar-refractivity contribution in [3.8, 4) is 0 Å². The van der Waals surface area contributed by atoms with Gasteiger partial charge in [0.25, 0.3) is 5.91 Å². The molecule has 1 N–H and O–H groups in total. The molecule has 0 spiro atoms. The standard InChI is InChI=1S/C23H25ClN2O2/c1-3-7-17(20-14-19(24)11-10-16(20)2)12-13-25-23(27)21-15-22(28-26-21)18-8-5-4-6-9-18/h4-11,14,22H,3,12-13,15H2,1-2H3,(H,25,27)/b17-7-. The Hall–Kier alpha value is -2.59. The van der Waals surface area contributed by atoms with Gasteiger partial charge < -0.3 is 10.2 Å². The lowest BCUT2D eigenvalue weighted by Gasteiger charge is -2.12. The number of amides is 1. The molecule has 0 saturated heterocycles. The zero-order valence-electron chi connectivity index (χ0n) is 16.2. The molecule has 0 fully saturated rings. The summed E-state index contributed by atoms with van der Waals surface area (Å²) in [6.45, 7) is 4.71. The average molecular weight is 397 g/mol. The average Bonchev–Trinajstić information content (AvgIpc) is 3.20. The zero-order chi connectivity index (χ0) is 19.9. The van der Waals surface area contributed by atoms with Gasteiger partial charge in [0, 0.05) is 18.0 Å². The number of carbonyl (C=O) groups excluding carboxylic acids is 1. The molecule has 2 aromatic carbocycles. The molecule has 1 unspecified atom stereocenters. The van der Waals surface area contributed by atoms with Crippen LogP contribution >= 0.6 is 11.6 Å².